The topological polar surface area (TPSA) is 62.2 Å². The normalized spacial score (nSPS) is 12.1. The lowest BCUT2D eigenvalue weighted by atomic mass is 10.2. The highest BCUT2D eigenvalue weighted by Gasteiger charge is 2.08. The Morgan fingerprint density at radius 2 is 2.28 bits per heavy atom. The summed E-state index contributed by atoms with van der Waals surface area (Å²) in [6, 6.07) is 9.27. The summed E-state index contributed by atoms with van der Waals surface area (Å²) in [6.07, 6.45) is 0.899. The lowest BCUT2D eigenvalue weighted by Gasteiger charge is -2.13. The van der Waals surface area contributed by atoms with E-state index in [-0.39, 0.29) is 11.7 Å². The maximum atomic E-state index is 10.8. The van der Waals surface area contributed by atoms with Crippen molar-refractivity contribution < 1.29 is 9.90 Å². The maximum absolute atomic E-state index is 10.8. The van der Waals surface area contributed by atoms with E-state index >= 15 is 0 Å². The summed E-state index contributed by atoms with van der Waals surface area (Å²) >= 11 is 1.72. The van der Waals surface area contributed by atoms with Gasteiger partial charge in [0.2, 0.25) is 0 Å². The highest BCUT2D eigenvalue weighted by molar-refractivity contribution is 7.09. The number of aromatic nitrogens is 1. The van der Waals surface area contributed by atoms with Gasteiger partial charge in [0, 0.05) is 17.3 Å². The first-order valence-corrected chi connectivity index (χ1v) is 6.52. The zero-order valence-corrected chi connectivity index (χ0v) is 10.8. The summed E-state index contributed by atoms with van der Waals surface area (Å²) in [5, 5.41) is 14.1. The van der Waals surface area contributed by atoms with Crippen molar-refractivity contribution in [2.45, 2.75) is 19.4 Å². The van der Waals surface area contributed by atoms with Crippen molar-refractivity contribution in [1.82, 2.24) is 4.98 Å². The van der Waals surface area contributed by atoms with Crippen LogP contribution in [0.3, 0.4) is 0 Å². The molecule has 0 aliphatic heterocycles. The standard InChI is InChI=1S/C13H14N2O2S/c1-9(8-10-4-3-7-18-10)14-12-6-2-5-11(15-12)13(16)17/h2-7,9H,8H2,1H3,(H,14,15)(H,16,17). The number of pyridine rings is 1. The Kier molecular flexibility index (Phi) is 3.94. The second-order valence-corrected chi connectivity index (χ2v) is 5.07. The molecule has 2 aromatic rings. The predicted molar refractivity (Wildman–Crippen MR) is 72.3 cm³/mol. The van der Waals surface area contributed by atoms with Crippen LogP contribution in [0, 0.1) is 0 Å². The molecule has 1 unspecified atom stereocenters. The molecule has 0 radical (unpaired) electrons. The summed E-state index contributed by atoms with van der Waals surface area (Å²) in [5.41, 5.74) is 0.0586. The average Bonchev–Trinajstić information content (AvgIpc) is 2.82. The number of carboxylic acid groups (broad SMARTS) is 1. The van der Waals surface area contributed by atoms with E-state index in [0.717, 1.165) is 6.42 Å². The van der Waals surface area contributed by atoms with Crippen LogP contribution in [0.2, 0.25) is 0 Å². The van der Waals surface area contributed by atoms with E-state index in [4.69, 9.17) is 5.11 Å². The first-order valence-electron chi connectivity index (χ1n) is 5.64. The van der Waals surface area contributed by atoms with Crippen molar-refractivity contribution >= 4 is 23.1 Å². The molecule has 0 bridgehead atoms. The molecule has 1 atom stereocenters. The van der Waals surface area contributed by atoms with Crippen LogP contribution in [0.1, 0.15) is 22.3 Å². The van der Waals surface area contributed by atoms with E-state index in [1.165, 1.54) is 10.9 Å². The molecule has 0 aliphatic rings. The molecule has 2 rings (SSSR count). The molecule has 2 heterocycles. The van der Waals surface area contributed by atoms with E-state index < -0.39 is 5.97 Å². The zero-order chi connectivity index (χ0) is 13.0. The van der Waals surface area contributed by atoms with Crippen LogP contribution in [0.4, 0.5) is 5.82 Å². The summed E-state index contributed by atoms with van der Waals surface area (Å²) < 4.78 is 0. The Hall–Kier alpha value is -1.88. The lowest BCUT2D eigenvalue weighted by molar-refractivity contribution is 0.0690. The molecule has 2 aromatic heterocycles. The Balaban J connectivity index is 2.00. The van der Waals surface area contributed by atoms with Gasteiger partial charge < -0.3 is 10.4 Å². The highest BCUT2D eigenvalue weighted by atomic mass is 32.1. The molecule has 0 spiro atoms. The van der Waals surface area contributed by atoms with E-state index in [2.05, 4.69) is 23.3 Å². The van der Waals surface area contributed by atoms with Gasteiger partial charge in [-0.05, 0) is 30.5 Å². The van der Waals surface area contributed by atoms with E-state index in [1.54, 1.807) is 23.5 Å². The number of hydrogen-bond donors (Lipinski definition) is 2. The molecule has 0 aromatic carbocycles. The number of anilines is 1. The number of aromatic carboxylic acids is 1. The van der Waals surface area contributed by atoms with Gasteiger partial charge in [0.05, 0.1) is 0 Å². The van der Waals surface area contributed by atoms with Gasteiger partial charge >= 0.3 is 5.97 Å². The fourth-order valence-electron chi connectivity index (χ4n) is 1.67. The first kappa shape index (κ1) is 12.6. The minimum Gasteiger partial charge on any atom is -0.477 e. The Morgan fingerprint density at radius 1 is 1.44 bits per heavy atom. The minimum absolute atomic E-state index is 0.0586. The third kappa shape index (κ3) is 3.30. The molecule has 0 fully saturated rings. The van der Waals surface area contributed by atoms with Crippen molar-refractivity contribution in [2.24, 2.45) is 0 Å². The fourth-order valence-corrected chi connectivity index (χ4v) is 2.50. The van der Waals surface area contributed by atoms with Crippen molar-refractivity contribution in [3.63, 3.8) is 0 Å². The monoisotopic (exact) mass is 262 g/mol. The van der Waals surface area contributed by atoms with Crippen molar-refractivity contribution in [1.29, 1.82) is 0 Å². The Labute approximate surface area is 109 Å². The van der Waals surface area contributed by atoms with Gasteiger partial charge in [-0.15, -0.1) is 11.3 Å². The van der Waals surface area contributed by atoms with E-state index in [9.17, 15) is 4.79 Å². The number of carboxylic acids is 1. The molecule has 94 valence electrons. The smallest absolute Gasteiger partial charge is 0.354 e. The molecule has 4 nitrogen and oxygen atoms in total. The SMILES string of the molecule is CC(Cc1cccs1)Nc1cccc(C(=O)O)n1. The van der Waals surface area contributed by atoms with Crippen LogP contribution in [0.5, 0.6) is 0 Å². The van der Waals surface area contributed by atoms with Gasteiger partial charge in [-0.3, -0.25) is 0 Å². The summed E-state index contributed by atoms with van der Waals surface area (Å²) in [7, 11) is 0. The second-order valence-electron chi connectivity index (χ2n) is 4.04. The Morgan fingerprint density at radius 3 is 2.94 bits per heavy atom. The van der Waals surface area contributed by atoms with Gasteiger partial charge in [0.1, 0.15) is 5.82 Å². The molecule has 0 saturated heterocycles. The van der Waals surface area contributed by atoms with Crippen LogP contribution in [0.15, 0.2) is 35.7 Å². The summed E-state index contributed by atoms with van der Waals surface area (Å²) in [6.45, 7) is 2.05. The molecule has 18 heavy (non-hydrogen) atoms. The van der Waals surface area contributed by atoms with Crippen molar-refractivity contribution in [2.75, 3.05) is 5.32 Å². The average molecular weight is 262 g/mol. The first-order chi connectivity index (χ1) is 8.65. The van der Waals surface area contributed by atoms with Gasteiger partial charge in [-0.25, -0.2) is 9.78 Å². The molecule has 5 heteroatoms. The van der Waals surface area contributed by atoms with Crippen molar-refractivity contribution in [3.8, 4) is 0 Å². The Bertz CT molecular complexity index is 526. The number of thiophene rings is 1. The quantitative estimate of drug-likeness (QED) is 0.869. The fraction of sp³-hybridized carbons (Fsp3) is 0.231. The number of nitrogens with one attached hydrogen (secondary N) is 1. The largest absolute Gasteiger partial charge is 0.477 e. The van der Waals surface area contributed by atoms with E-state index in [0.29, 0.717) is 5.82 Å². The van der Waals surface area contributed by atoms with Crippen LogP contribution in [0.25, 0.3) is 0 Å². The molecular formula is C13H14N2O2S. The van der Waals surface area contributed by atoms with E-state index in [1.807, 2.05) is 11.4 Å². The van der Waals surface area contributed by atoms with Crippen LogP contribution < -0.4 is 5.32 Å². The van der Waals surface area contributed by atoms with Gasteiger partial charge in [0.25, 0.3) is 0 Å². The van der Waals surface area contributed by atoms with Crippen LogP contribution in [-0.4, -0.2) is 22.1 Å². The summed E-state index contributed by atoms with van der Waals surface area (Å²) in [4.78, 5) is 16.1. The number of hydrogen-bond acceptors (Lipinski definition) is 4. The highest BCUT2D eigenvalue weighted by Crippen LogP contribution is 2.14. The summed E-state index contributed by atoms with van der Waals surface area (Å²) in [5.74, 6) is -0.413. The maximum Gasteiger partial charge on any atom is 0.354 e. The minimum atomic E-state index is -1.01. The van der Waals surface area contributed by atoms with Gasteiger partial charge in [-0.2, -0.15) is 0 Å². The number of nitrogens with zero attached hydrogens (tertiary/aromatic N) is 1. The zero-order valence-electron chi connectivity index (χ0n) is 9.96. The molecule has 0 aliphatic carbocycles. The van der Waals surface area contributed by atoms with Gasteiger partial charge in [-0.1, -0.05) is 12.1 Å². The molecule has 0 saturated carbocycles. The number of rotatable bonds is 5. The molecule has 0 amide bonds. The molecule has 2 N–H and O–H groups in total. The number of carbonyl (C=O) groups is 1. The third-order valence-corrected chi connectivity index (χ3v) is 3.35. The lowest BCUT2D eigenvalue weighted by Crippen LogP contribution is -2.18. The third-order valence-electron chi connectivity index (χ3n) is 2.45. The van der Waals surface area contributed by atoms with Crippen molar-refractivity contribution in [3.05, 3.63) is 46.3 Å². The predicted octanol–water partition coefficient (Wildman–Crippen LogP) is 2.88. The van der Waals surface area contributed by atoms with Crippen LogP contribution >= 0.6 is 11.3 Å². The molecular weight excluding hydrogens is 248 g/mol. The second kappa shape index (κ2) is 5.64. The van der Waals surface area contributed by atoms with Gasteiger partial charge in [0.15, 0.2) is 5.69 Å². The van der Waals surface area contributed by atoms with Crippen LogP contribution in [-0.2, 0) is 6.42 Å².